The molecule has 0 aliphatic carbocycles. The maximum absolute atomic E-state index is 13.9. The van der Waals surface area contributed by atoms with Gasteiger partial charge in [0.1, 0.15) is 12.1 Å². The monoisotopic (exact) mass is 465 g/mol. The second-order valence-corrected chi connectivity index (χ2v) is 7.57. The molecular weight excluding hydrogens is 453 g/mol. The highest BCUT2D eigenvalue weighted by Crippen LogP contribution is 2.39. The van der Waals surface area contributed by atoms with Gasteiger partial charge >= 0.3 is 0 Å². The summed E-state index contributed by atoms with van der Waals surface area (Å²) in [7, 11) is 0. The minimum Gasteiger partial charge on any atom is -0.307 e. The molecule has 3 rings (SSSR count). The average molecular weight is 467 g/mol. The molecule has 128 valence electrons. The Kier molecular flexibility index (Phi) is 5.20. The first kappa shape index (κ1) is 18.0. The van der Waals surface area contributed by atoms with Crippen LogP contribution in [0.15, 0.2) is 46.4 Å². The van der Waals surface area contributed by atoms with E-state index in [1.54, 1.807) is 24.0 Å². The van der Waals surface area contributed by atoms with Crippen LogP contribution in [0.1, 0.15) is 23.1 Å². The highest BCUT2D eigenvalue weighted by molar-refractivity contribution is 9.15. The standard InChI is InChI=1S/C19H14Br2FNO2/c1-11-2-3-12(6-16(11)22)9-23-17-8-14(20)4-5-15(17)19(21)13(10-24)7-18(23)25/h2-6,8,10H,7,9H2,1H3. The zero-order valence-corrected chi connectivity index (χ0v) is 16.5. The van der Waals surface area contributed by atoms with Crippen LogP contribution < -0.4 is 4.90 Å². The Balaban J connectivity index is 2.09. The van der Waals surface area contributed by atoms with E-state index in [4.69, 9.17) is 0 Å². The molecule has 1 heterocycles. The third-order valence-corrected chi connectivity index (χ3v) is 5.56. The van der Waals surface area contributed by atoms with Crippen LogP contribution in [0, 0.1) is 12.7 Å². The lowest BCUT2D eigenvalue weighted by atomic mass is 10.1. The number of carbonyl (C=O) groups excluding carboxylic acids is 2. The number of hydrogen-bond donors (Lipinski definition) is 0. The van der Waals surface area contributed by atoms with Gasteiger partial charge in [0.25, 0.3) is 0 Å². The second-order valence-electron chi connectivity index (χ2n) is 5.86. The summed E-state index contributed by atoms with van der Waals surface area (Å²) in [6, 6.07) is 10.5. The van der Waals surface area contributed by atoms with E-state index in [2.05, 4.69) is 31.9 Å². The maximum atomic E-state index is 13.9. The van der Waals surface area contributed by atoms with E-state index in [-0.39, 0.29) is 24.7 Å². The number of aldehydes is 1. The van der Waals surface area contributed by atoms with Crippen LogP contribution in [-0.4, -0.2) is 12.2 Å². The van der Waals surface area contributed by atoms with Crippen molar-refractivity contribution >= 4 is 54.2 Å². The van der Waals surface area contributed by atoms with Gasteiger partial charge in [-0.3, -0.25) is 9.59 Å². The van der Waals surface area contributed by atoms with Gasteiger partial charge in [-0.1, -0.05) is 34.1 Å². The number of rotatable bonds is 3. The summed E-state index contributed by atoms with van der Waals surface area (Å²) in [4.78, 5) is 25.7. The Morgan fingerprint density at radius 1 is 1.20 bits per heavy atom. The van der Waals surface area contributed by atoms with E-state index in [9.17, 15) is 14.0 Å². The van der Waals surface area contributed by atoms with Crippen LogP contribution in [-0.2, 0) is 16.1 Å². The fourth-order valence-corrected chi connectivity index (χ4v) is 3.66. The third-order valence-electron chi connectivity index (χ3n) is 4.13. The highest BCUT2D eigenvalue weighted by atomic mass is 79.9. The fourth-order valence-electron chi connectivity index (χ4n) is 2.74. The van der Waals surface area contributed by atoms with E-state index in [1.807, 2.05) is 18.2 Å². The molecule has 2 aromatic carbocycles. The summed E-state index contributed by atoms with van der Waals surface area (Å²) in [5.41, 5.74) is 3.06. The first-order valence-electron chi connectivity index (χ1n) is 7.60. The number of halogens is 3. The topological polar surface area (TPSA) is 37.4 Å². The van der Waals surface area contributed by atoms with Crippen LogP contribution in [0.5, 0.6) is 0 Å². The molecule has 0 saturated heterocycles. The average Bonchev–Trinajstić information content (AvgIpc) is 2.68. The number of nitrogens with zero attached hydrogens (tertiary/aromatic N) is 1. The summed E-state index contributed by atoms with van der Waals surface area (Å²) in [5.74, 6) is -0.515. The van der Waals surface area contributed by atoms with E-state index in [0.717, 1.165) is 10.0 Å². The lowest BCUT2D eigenvalue weighted by Crippen LogP contribution is -2.30. The number of aryl methyl sites for hydroxylation is 1. The molecule has 0 atom stereocenters. The third kappa shape index (κ3) is 3.60. The van der Waals surface area contributed by atoms with Crippen LogP contribution >= 0.6 is 31.9 Å². The molecule has 0 bridgehead atoms. The molecule has 0 spiro atoms. The number of anilines is 1. The maximum Gasteiger partial charge on any atom is 0.231 e. The van der Waals surface area contributed by atoms with Crippen molar-refractivity contribution < 1.29 is 14.0 Å². The zero-order valence-electron chi connectivity index (χ0n) is 13.4. The molecule has 2 aromatic rings. The molecule has 0 N–H and O–H groups in total. The summed E-state index contributed by atoms with van der Waals surface area (Å²) in [6.07, 6.45) is 0.688. The molecule has 0 fully saturated rings. The van der Waals surface area contributed by atoms with Gasteiger partial charge in [-0.15, -0.1) is 0 Å². The highest BCUT2D eigenvalue weighted by Gasteiger charge is 2.27. The Hall–Kier alpha value is -1.79. The molecule has 25 heavy (non-hydrogen) atoms. The number of fused-ring (bicyclic) bond motifs is 1. The largest absolute Gasteiger partial charge is 0.307 e. The van der Waals surface area contributed by atoms with Gasteiger partial charge in [0.15, 0.2) is 0 Å². The Labute approximate surface area is 161 Å². The van der Waals surface area contributed by atoms with Crippen molar-refractivity contribution in [3.8, 4) is 0 Å². The number of hydrogen-bond acceptors (Lipinski definition) is 2. The van der Waals surface area contributed by atoms with Crippen molar-refractivity contribution in [2.75, 3.05) is 4.90 Å². The predicted molar refractivity (Wildman–Crippen MR) is 103 cm³/mol. The lowest BCUT2D eigenvalue weighted by molar-refractivity contribution is -0.118. The Morgan fingerprint density at radius 3 is 2.64 bits per heavy atom. The molecule has 6 heteroatoms. The van der Waals surface area contributed by atoms with E-state index in [0.29, 0.717) is 33.2 Å². The minimum atomic E-state index is -0.304. The molecule has 1 aliphatic rings. The van der Waals surface area contributed by atoms with Crippen molar-refractivity contribution in [3.63, 3.8) is 0 Å². The Bertz CT molecular complexity index is 908. The fraction of sp³-hybridized carbons (Fsp3) is 0.158. The minimum absolute atomic E-state index is 0.00920. The Morgan fingerprint density at radius 2 is 1.96 bits per heavy atom. The van der Waals surface area contributed by atoms with E-state index >= 15 is 0 Å². The number of amides is 1. The zero-order chi connectivity index (χ0) is 18.1. The molecule has 3 nitrogen and oxygen atoms in total. The van der Waals surface area contributed by atoms with Crippen molar-refractivity contribution in [2.45, 2.75) is 19.9 Å². The summed E-state index contributed by atoms with van der Waals surface area (Å²) in [5, 5.41) is 0. The molecule has 0 unspecified atom stereocenters. The second kappa shape index (κ2) is 7.22. The lowest BCUT2D eigenvalue weighted by Gasteiger charge is -2.24. The number of carbonyl (C=O) groups is 2. The molecule has 0 aromatic heterocycles. The van der Waals surface area contributed by atoms with Crippen molar-refractivity contribution in [1.29, 1.82) is 0 Å². The summed E-state index contributed by atoms with van der Waals surface area (Å²) in [6.45, 7) is 1.92. The van der Waals surface area contributed by atoms with Gasteiger partial charge in [-0.05, 0) is 52.2 Å². The van der Waals surface area contributed by atoms with Gasteiger partial charge < -0.3 is 4.90 Å². The molecule has 1 aliphatic heterocycles. The molecule has 1 amide bonds. The van der Waals surface area contributed by atoms with Crippen LogP contribution in [0.3, 0.4) is 0 Å². The summed E-state index contributed by atoms with van der Waals surface area (Å²) >= 11 is 6.87. The summed E-state index contributed by atoms with van der Waals surface area (Å²) < 4.78 is 15.3. The van der Waals surface area contributed by atoms with Gasteiger partial charge in [0.05, 0.1) is 18.7 Å². The van der Waals surface area contributed by atoms with Gasteiger partial charge in [0, 0.05) is 20.1 Å². The van der Waals surface area contributed by atoms with Gasteiger partial charge in [0.2, 0.25) is 5.91 Å². The smallest absolute Gasteiger partial charge is 0.231 e. The van der Waals surface area contributed by atoms with Crippen LogP contribution in [0.4, 0.5) is 10.1 Å². The number of benzene rings is 2. The predicted octanol–water partition coefficient (Wildman–Crippen LogP) is 5.14. The molecule has 0 saturated carbocycles. The SMILES string of the molecule is Cc1ccc(CN2C(=O)CC(C=O)=C(Br)c3ccc(Br)cc32)cc1F. The van der Waals surface area contributed by atoms with Crippen LogP contribution in [0.2, 0.25) is 0 Å². The molecular formula is C19H14Br2FNO2. The van der Waals surface area contributed by atoms with Crippen LogP contribution in [0.25, 0.3) is 4.48 Å². The van der Waals surface area contributed by atoms with Crippen molar-refractivity contribution in [3.05, 3.63) is 69.0 Å². The molecule has 0 radical (unpaired) electrons. The quantitative estimate of drug-likeness (QED) is 0.587. The van der Waals surface area contributed by atoms with E-state index in [1.165, 1.54) is 6.07 Å². The van der Waals surface area contributed by atoms with Gasteiger partial charge in [-0.25, -0.2) is 4.39 Å². The normalized spacial score (nSPS) is 14.4. The van der Waals surface area contributed by atoms with Crippen molar-refractivity contribution in [2.24, 2.45) is 0 Å². The first-order valence-corrected chi connectivity index (χ1v) is 9.18. The van der Waals surface area contributed by atoms with Crippen molar-refractivity contribution in [1.82, 2.24) is 0 Å². The van der Waals surface area contributed by atoms with Gasteiger partial charge in [-0.2, -0.15) is 0 Å². The first-order chi connectivity index (χ1) is 11.9. The van der Waals surface area contributed by atoms with E-state index < -0.39 is 0 Å².